The number of fused-ring (bicyclic) bond motifs is 1. The van der Waals surface area contributed by atoms with Gasteiger partial charge in [0.1, 0.15) is 0 Å². The zero-order valence-electron chi connectivity index (χ0n) is 10.9. The van der Waals surface area contributed by atoms with Crippen molar-refractivity contribution in [1.29, 1.82) is 0 Å². The molecule has 1 N–H and O–H groups in total. The topological polar surface area (TPSA) is 56.4 Å². The second-order valence-corrected chi connectivity index (χ2v) is 4.36. The van der Waals surface area contributed by atoms with Crippen molar-refractivity contribution in [2.24, 2.45) is 7.05 Å². The third kappa shape index (κ3) is 2.32. The van der Waals surface area contributed by atoms with E-state index in [4.69, 9.17) is 9.15 Å². The van der Waals surface area contributed by atoms with Gasteiger partial charge in [0.05, 0.1) is 12.1 Å². The lowest BCUT2D eigenvalue weighted by atomic mass is 9.99. The van der Waals surface area contributed by atoms with Crippen LogP contribution in [0.3, 0.4) is 0 Å². The van der Waals surface area contributed by atoms with Crippen molar-refractivity contribution in [3.63, 3.8) is 0 Å². The summed E-state index contributed by atoms with van der Waals surface area (Å²) in [6.45, 7) is 1.44. The third-order valence-electron chi connectivity index (χ3n) is 3.11. The molecular formula is C13H18N2O3. The quantitative estimate of drug-likeness (QED) is 0.862. The Morgan fingerprint density at radius 3 is 2.94 bits per heavy atom. The number of aromatic nitrogens is 1. The molecule has 0 bridgehead atoms. The van der Waals surface area contributed by atoms with Gasteiger partial charge in [0.15, 0.2) is 5.58 Å². The zero-order valence-corrected chi connectivity index (χ0v) is 10.9. The number of hydrogen-bond donors (Lipinski definition) is 1. The summed E-state index contributed by atoms with van der Waals surface area (Å²) in [5, 5.41) is 3.14. The summed E-state index contributed by atoms with van der Waals surface area (Å²) < 4.78 is 11.9. The fourth-order valence-corrected chi connectivity index (χ4v) is 2.12. The molecule has 0 fully saturated rings. The Morgan fingerprint density at radius 2 is 2.28 bits per heavy atom. The third-order valence-corrected chi connectivity index (χ3v) is 3.11. The number of oxazole rings is 1. The monoisotopic (exact) mass is 250 g/mol. The molecule has 0 amide bonds. The summed E-state index contributed by atoms with van der Waals surface area (Å²) in [7, 11) is 5.29. The van der Waals surface area contributed by atoms with Crippen LogP contribution in [0.25, 0.3) is 11.1 Å². The number of aryl methyl sites for hydroxylation is 1. The SMILES string of the molecule is CNCC(COC)c1ccc2c(c1)oc(=O)n2C. The number of benzene rings is 1. The Hall–Kier alpha value is -1.59. The van der Waals surface area contributed by atoms with Crippen molar-refractivity contribution in [2.75, 3.05) is 27.3 Å². The summed E-state index contributed by atoms with van der Waals surface area (Å²) in [4.78, 5) is 11.4. The molecule has 0 saturated heterocycles. The molecule has 0 aliphatic heterocycles. The average Bonchev–Trinajstić information content (AvgIpc) is 2.64. The van der Waals surface area contributed by atoms with E-state index in [0.717, 1.165) is 17.6 Å². The van der Waals surface area contributed by atoms with Gasteiger partial charge in [-0.25, -0.2) is 4.79 Å². The van der Waals surface area contributed by atoms with E-state index >= 15 is 0 Å². The molecule has 2 rings (SSSR count). The summed E-state index contributed by atoms with van der Waals surface area (Å²) in [5.41, 5.74) is 2.54. The van der Waals surface area contributed by atoms with Crippen LogP contribution in [0.15, 0.2) is 27.4 Å². The Labute approximate surface area is 105 Å². The first-order valence-corrected chi connectivity index (χ1v) is 5.90. The molecule has 1 heterocycles. The Kier molecular flexibility index (Phi) is 3.84. The first kappa shape index (κ1) is 12.9. The first-order valence-electron chi connectivity index (χ1n) is 5.90. The Balaban J connectivity index is 2.41. The molecule has 98 valence electrons. The van der Waals surface area contributed by atoms with Gasteiger partial charge in [0.2, 0.25) is 0 Å². The number of rotatable bonds is 5. The molecule has 0 radical (unpaired) electrons. The second kappa shape index (κ2) is 5.37. The van der Waals surface area contributed by atoms with Gasteiger partial charge in [0.25, 0.3) is 0 Å². The highest BCUT2D eigenvalue weighted by Gasteiger charge is 2.13. The van der Waals surface area contributed by atoms with Crippen LogP contribution in [0.1, 0.15) is 11.5 Å². The highest BCUT2D eigenvalue weighted by Crippen LogP contribution is 2.21. The molecule has 0 aliphatic rings. The number of methoxy groups -OCH3 is 1. The standard InChI is InChI=1S/C13H18N2O3/c1-14-7-10(8-17-3)9-4-5-11-12(6-9)18-13(16)15(11)2/h4-6,10,14H,7-8H2,1-3H3. The van der Waals surface area contributed by atoms with Crippen LogP contribution in [0, 0.1) is 0 Å². The Morgan fingerprint density at radius 1 is 1.50 bits per heavy atom. The maximum atomic E-state index is 11.4. The molecule has 1 unspecified atom stereocenters. The lowest BCUT2D eigenvalue weighted by Crippen LogP contribution is -2.20. The van der Waals surface area contributed by atoms with E-state index in [1.54, 1.807) is 14.2 Å². The van der Waals surface area contributed by atoms with E-state index in [1.165, 1.54) is 4.57 Å². The van der Waals surface area contributed by atoms with Gasteiger partial charge >= 0.3 is 5.76 Å². The van der Waals surface area contributed by atoms with Crippen molar-refractivity contribution >= 4 is 11.1 Å². The molecule has 0 saturated carbocycles. The van der Waals surface area contributed by atoms with Crippen molar-refractivity contribution in [1.82, 2.24) is 9.88 Å². The fraction of sp³-hybridized carbons (Fsp3) is 0.462. The van der Waals surface area contributed by atoms with Crippen LogP contribution in [0.4, 0.5) is 0 Å². The van der Waals surface area contributed by atoms with Gasteiger partial charge in [-0.15, -0.1) is 0 Å². The van der Waals surface area contributed by atoms with Gasteiger partial charge in [-0.3, -0.25) is 4.57 Å². The maximum absolute atomic E-state index is 11.4. The molecule has 2 aromatic rings. The van der Waals surface area contributed by atoms with Crippen LogP contribution in [-0.2, 0) is 11.8 Å². The summed E-state index contributed by atoms with van der Waals surface area (Å²) in [6, 6.07) is 5.84. The predicted molar refractivity (Wildman–Crippen MR) is 70.0 cm³/mol. The van der Waals surface area contributed by atoms with Gasteiger partial charge < -0.3 is 14.5 Å². The van der Waals surface area contributed by atoms with E-state index in [0.29, 0.717) is 12.2 Å². The van der Waals surface area contributed by atoms with Crippen molar-refractivity contribution in [3.05, 3.63) is 34.3 Å². The smallest absolute Gasteiger partial charge is 0.408 e. The molecule has 0 aliphatic carbocycles. The van der Waals surface area contributed by atoms with Gasteiger partial charge in [-0.05, 0) is 24.7 Å². The molecular weight excluding hydrogens is 232 g/mol. The van der Waals surface area contributed by atoms with Crippen molar-refractivity contribution < 1.29 is 9.15 Å². The van der Waals surface area contributed by atoms with Crippen molar-refractivity contribution in [3.8, 4) is 0 Å². The van der Waals surface area contributed by atoms with Gasteiger partial charge in [0, 0.05) is 26.6 Å². The number of likely N-dealkylation sites (N-methyl/N-ethyl adjacent to an activating group) is 1. The van der Waals surface area contributed by atoms with Crippen LogP contribution in [0.5, 0.6) is 0 Å². The summed E-state index contributed by atoms with van der Waals surface area (Å²) >= 11 is 0. The van der Waals surface area contributed by atoms with Crippen LogP contribution >= 0.6 is 0 Å². The normalized spacial score (nSPS) is 13.1. The highest BCUT2D eigenvalue weighted by atomic mass is 16.5. The highest BCUT2D eigenvalue weighted by molar-refractivity contribution is 5.73. The maximum Gasteiger partial charge on any atom is 0.419 e. The Bertz CT molecular complexity index is 579. The van der Waals surface area contributed by atoms with E-state index in [-0.39, 0.29) is 11.7 Å². The molecule has 18 heavy (non-hydrogen) atoms. The van der Waals surface area contributed by atoms with Crippen LogP contribution < -0.4 is 11.1 Å². The van der Waals surface area contributed by atoms with E-state index in [9.17, 15) is 4.79 Å². The lowest BCUT2D eigenvalue weighted by molar-refractivity contribution is 0.178. The molecule has 5 heteroatoms. The first-order chi connectivity index (χ1) is 8.67. The zero-order chi connectivity index (χ0) is 13.1. The lowest BCUT2D eigenvalue weighted by Gasteiger charge is -2.15. The van der Waals surface area contributed by atoms with E-state index in [2.05, 4.69) is 5.32 Å². The number of nitrogens with one attached hydrogen (secondary N) is 1. The minimum absolute atomic E-state index is 0.245. The van der Waals surface area contributed by atoms with E-state index in [1.807, 2.05) is 25.2 Å². The van der Waals surface area contributed by atoms with Crippen LogP contribution in [-0.4, -0.2) is 31.9 Å². The summed E-state index contributed by atoms with van der Waals surface area (Å²) in [5.74, 6) is -0.0889. The minimum atomic E-state index is -0.334. The average molecular weight is 250 g/mol. The van der Waals surface area contributed by atoms with Gasteiger partial charge in [-0.2, -0.15) is 0 Å². The molecule has 1 aromatic heterocycles. The fourth-order valence-electron chi connectivity index (χ4n) is 2.12. The molecule has 1 atom stereocenters. The summed E-state index contributed by atoms with van der Waals surface area (Å²) in [6.07, 6.45) is 0. The van der Waals surface area contributed by atoms with Crippen LogP contribution in [0.2, 0.25) is 0 Å². The van der Waals surface area contributed by atoms with E-state index < -0.39 is 0 Å². The molecule has 5 nitrogen and oxygen atoms in total. The second-order valence-electron chi connectivity index (χ2n) is 4.36. The number of nitrogens with zero attached hydrogens (tertiary/aromatic N) is 1. The van der Waals surface area contributed by atoms with Gasteiger partial charge in [-0.1, -0.05) is 6.07 Å². The number of hydrogen-bond acceptors (Lipinski definition) is 4. The largest absolute Gasteiger partial charge is 0.419 e. The molecule has 1 aromatic carbocycles. The predicted octanol–water partition coefficient (Wildman–Crippen LogP) is 1.08. The minimum Gasteiger partial charge on any atom is -0.408 e. The van der Waals surface area contributed by atoms with Crippen molar-refractivity contribution in [2.45, 2.75) is 5.92 Å². The molecule has 0 spiro atoms. The number of ether oxygens (including phenoxy) is 1.